The smallest absolute Gasteiger partial charge is 0.155 e. The summed E-state index contributed by atoms with van der Waals surface area (Å²) in [5.41, 5.74) is 0.453. The van der Waals surface area contributed by atoms with Gasteiger partial charge in [-0.2, -0.15) is 0 Å². The van der Waals surface area contributed by atoms with E-state index in [1.165, 1.54) is 30.4 Å². The molecule has 0 saturated carbocycles. The third kappa shape index (κ3) is 4.72. The zero-order valence-electron chi connectivity index (χ0n) is 10.0. The number of carbonyl (C=O) groups excluding carboxylic acids is 1. The highest BCUT2D eigenvalue weighted by molar-refractivity contribution is 5.93. The van der Waals surface area contributed by atoms with Crippen LogP contribution in [0.3, 0.4) is 0 Å². The van der Waals surface area contributed by atoms with Crippen LogP contribution in [0.4, 0.5) is 0 Å². The highest BCUT2D eigenvalue weighted by atomic mass is 16.3. The number of aromatic hydroxyl groups is 2. The van der Waals surface area contributed by atoms with Crippen LogP contribution in [-0.4, -0.2) is 16.0 Å². The lowest BCUT2D eigenvalue weighted by Crippen LogP contribution is -1.91. The average molecular weight is 234 g/mol. The van der Waals surface area contributed by atoms with E-state index in [4.69, 9.17) is 0 Å². The SMILES string of the molecule is CCCCCC(=O)/C=C/c1cc(O)ccc1O. The first kappa shape index (κ1) is 13.3. The maximum Gasteiger partial charge on any atom is 0.155 e. The molecule has 0 bridgehead atoms. The minimum absolute atomic E-state index is 0.0428. The fourth-order valence-corrected chi connectivity index (χ4v) is 1.49. The first-order valence-corrected chi connectivity index (χ1v) is 5.86. The van der Waals surface area contributed by atoms with E-state index >= 15 is 0 Å². The van der Waals surface area contributed by atoms with Gasteiger partial charge in [-0.3, -0.25) is 4.79 Å². The number of phenolic OH excluding ortho intramolecular Hbond substituents is 2. The second-order valence-electron chi connectivity index (χ2n) is 4.00. The van der Waals surface area contributed by atoms with Crippen LogP contribution >= 0.6 is 0 Å². The molecule has 0 unspecified atom stereocenters. The van der Waals surface area contributed by atoms with E-state index in [1.54, 1.807) is 0 Å². The summed E-state index contributed by atoms with van der Waals surface area (Å²) in [4.78, 5) is 11.5. The fraction of sp³-hybridized carbons (Fsp3) is 0.357. The van der Waals surface area contributed by atoms with E-state index in [0.29, 0.717) is 12.0 Å². The molecular weight excluding hydrogens is 216 g/mol. The number of benzene rings is 1. The summed E-state index contributed by atoms with van der Waals surface area (Å²) in [6.07, 6.45) is 6.55. The molecule has 17 heavy (non-hydrogen) atoms. The zero-order chi connectivity index (χ0) is 12.7. The van der Waals surface area contributed by atoms with Gasteiger partial charge in [-0.05, 0) is 36.8 Å². The first-order valence-electron chi connectivity index (χ1n) is 5.86. The lowest BCUT2D eigenvalue weighted by Gasteiger charge is -1.99. The first-order chi connectivity index (χ1) is 8.13. The summed E-state index contributed by atoms with van der Waals surface area (Å²) in [5, 5.41) is 18.7. The van der Waals surface area contributed by atoms with Gasteiger partial charge >= 0.3 is 0 Å². The molecule has 0 radical (unpaired) electrons. The van der Waals surface area contributed by atoms with Crippen molar-refractivity contribution in [3.05, 3.63) is 29.8 Å². The van der Waals surface area contributed by atoms with Gasteiger partial charge in [0.15, 0.2) is 5.78 Å². The summed E-state index contributed by atoms with van der Waals surface area (Å²) in [6, 6.07) is 4.22. The molecule has 1 aromatic rings. The second kappa shape index (κ2) is 6.74. The Morgan fingerprint density at radius 1 is 1.29 bits per heavy atom. The van der Waals surface area contributed by atoms with Gasteiger partial charge in [0.2, 0.25) is 0 Å². The standard InChI is InChI=1S/C14H18O3/c1-2-3-4-5-12(15)7-6-11-10-13(16)8-9-14(11)17/h6-10,16-17H,2-5H2,1H3/b7-6+. The Morgan fingerprint density at radius 3 is 2.76 bits per heavy atom. The molecule has 0 heterocycles. The normalized spacial score (nSPS) is 10.9. The van der Waals surface area contributed by atoms with Crippen molar-refractivity contribution < 1.29 is 15.0 Å². The lowest BCUT2D eigenvalue weighted by atomic mass is 10.1. The van der Waals surface area contributed by atoms with Gasteiger partial charge in [0.05, 0.1) is 0 Å². The van der Waals surface area contributed by atoms with E-state index in [1.807, 2.05) is 0 Å². The lowest BCUT2D eigenvalue weighted by molar-refractivity contribution is -0.114. The maximum absolute atomic E-state index is 11.5. The molecule has 3 nitrogen and oxygen atoms in total. The van der Waals surface area contributed by atoms with E-state index in [0.717, 1.165) is 19.3 Å². The maximum atomic E-state index is 11.5. The van der Waals surface area contributed by atoms with Gasteiger partial charge in [0.1, 0.15) is 11.5 Å². The molecule has 2 N–H and O–H groups in total. The molecule has 0 aliphatic rings. The highest BCUT2D eigenvalue weighted by Gasteiger charge is 2.00. The number of rotatable bonds is 6. The van der Waals surface area contributed by atoms with Crippen LogP contribution in [0.25, 0.3) is 6.08 Å². The molecule has 0 saturated heterocycles. The number of phenols is 2. The number of hydrogen-bond donors (Lipinski definition) is 2. The Labute approximate surface area is 101 Å². The van der Waals surface area contributed by atoms with E-state index < -0.39 is 0 Å². The largest absolute Gasteiger partial charge is 0.508 e. The summed E-state index contributed by atoms with van der Waals surface area (Å²) in [6.45, 7) is 2.09. The topological polar surface area (TPSA) is 57.5 Å². The zero-order valence-corrected chi connectivity index (χ0v) is 10.0. The van der Waals surface area contributed by atoms with Gasteiger partial charge in [-0.25, -0.2) is 0 Å². The quantitative estimate of drug-likeness (QED) is 0.451. The summed E-state index contributed by atoms with van der Waals surface area (Å²) in [5.74, 6) is 0.169. The molecule has 1 aromatic carbocycles. The molecule has 0 atom stereocenters. The van der Waals surface area contributed by atoms with Crippen molar-refractivity contribution in [2.24, 2.45) is 0 Å². The monoisotopic (exact) mass is 234 g/mol. The second-order valence-corrected chi connectivity index (χ2v) is 4.00. The van der Waals surface area contributed by atoms with Crippen molar-refractivity contribution in [2.75, 3.05) is 0 Å². The van der Waals surface area contributed by atoms with Crippen molar-refractivity contribution in [1.82, 2.24) is 0 Å². The van der Waals surface area contributed by atoms with E-state index in [2.05, 4.69) is 6.92 Å². The van der Waals surface area contributed by atoms with Crippen LogP contribution < -0.4 is 0 Å². The van der Waals surface area contributed by atoms with Crippen molar-refractivity contribution >= 4 is 11.9 Å². The highest BCUT2D eigenvalue weighted by Crippen LogP contribution is 2.23. The third-order valence-corrected chi connectivity index (χ3v) is 2.49. The van der Waals surface area contributed by atoms with Gasteiger partial charge in [0, 0.05) is 12.0 Å². The molecule has 92 valence electrons. The van der Waals surface area contributed by atoms with Crippen LogP contribution in [0, 0.1) is 0 Å². The van der Waals surface area contributed by atoms with Crippen molar-refractivity contribution in [2.45, 2.75) is 32.6 Å². The molecule has 3 heteroatoms. The predicted molar refractivity (Wildman–Crippen MR) is 68.0 cm³/mol. The van der Waals surface area contributed by atoms with Crippen LogP contribution in [0.1, 0.15) is 38.2 Å². The fourth-order valence-electron chi connectivity index (χ4n) is 1.49. The molecule has 0 amide bonds. The molecule has 0 aliphatic heterocycles. The minimum Gasteiger partial charge on any atom is -0.508 e. The molecule has 1 rings (SSSR count). The van der Waals surface area contributed by atoms with Crippen molar-refractivity contribution in [3.63, 3.8) is 0 Å². The number of ketones is 1. The summed E-state index contributed by atoms with van der Waals surface area (Å²) in [7, 11) is 0. The van der Waals surface area contributed by atoms with Gasteiger partial charge < -0.3 is 10.2 Å². The molecule has 0 aromatic heterocycles. The van der Waals surface area contributed by atoms with Crippen LogP contribution in [0.15, 0.2) is 24.3 Å². The average Bonchev–Trinajstić information content (AvgIpc) is 2.31. The van der Waals surface area contributed by atoms with Crippen LogP contribution in [0.2, 0.25) is 0 Å². The number of hydrogen-bond acceptors (Lipinski definition) is 3. The van der Waals surface area contributed by atoms with E-state index in [9.17, 15) is 15.0 Å². The predicted octanol–water partition coefficient (Wildman–Crippen LogP) is 3.26. The molecular formula is C14H18O3. The third-order valence-electron chi connectivity index (χ3n) is 2.49. The van der Waals surface area contributed by atoms with Crippen molar-refractivity contribution in [3.8, 4) is 11.5 Å². The van der Waals surface area contributed by atoms with Gasteiger partial charge in [0.25, 0.3) is 0 Å². The Bertz CT molecular complexity index is 408. The van der Waals surface area contributed by atoms with Crippen LogP contribution in [0.5, 0.6) is 11.5 Å². The Morgan fingerprint density at radius 2 is 2.06 bits per heavy atom. The number of carbonyl (C=O) groups is 1. The number of allylic oxidation sites excluding steroid dienone is 1. The van der Waals surface area contributed by atoms with Gasteiger partial charge in [-0.15, -0.1) is 0 Å². The summed E-state index contributed by atoms with van der Waals surface area (Å²) < 4.78 is 0. The number of unbranched alkanes of at least 4 members (excludes halogenated alkanes) is 2. The molecule has 0 fully saturated rings. The van der Waals surface area contributed by atoms with Gasteiger partial charge in [-0.1, -0.05) is 19.8 Å². The van der Waals surface area contributed by atoms with E-state index in [-0.39, 0.29) is 17.3 Å². The minimum atomic E-state index is 0.0428. The summed E-state index contributed by atoms with van der Waals surface area (Å²) >= 11 is 0. The molecule has 0 aliphatic carbocycles. The Balaban J connectivity index is 2.57. The Kier molecular flexibility index (Phi) is 5.27. The Hall–Kier alpha value is -1.77. The molecule has 0 spiro atoms. The van der Waals surface area contributed by atoms with Crippen molar-refractivity contribution in [1.29, 1.82) is 0 Å². The van der Waals surface area contributed by atoms with Crippen LogP contribution in [-0.2, 0) is 4.79 Å².